The maximum absolute atomic E-state index is 12.3. The Morgan fingerprint density at radius 1 is 1.00 bits per heavy atom. The lowest BCUT2D eigenvalue weighted by Crippen LogP contribution is -2.32. The molecule has 0 saturated carbocycles. The largest absolute Gasteiger partial charge is 0.497 e. The SMILES string of the molecule is COc1ccc(OC)c(NC(=O)C(=O)N/N=C/c2ccc(OC)c(CN3N=NC4C=CC=CC43)c2)c1. The smallest absolute Gasteiger partial charge is 0.329 e. The lowest BCUT2D eigenvalue weighted by molar-refractivity contribution is -0.136. The average Bonchev–Trinajstić information content (AvgIpc) is 3.31. The number of nitrogens with zero attached hydrogens (tertiary/aromatic N) is 4. The topological polar surface area (TPSA) is 126 Å². The van der Waals surface area contributed by atoms with Crippen LogP contribution in [-0.2, 0) is 16.1 Å². The van der Waals surface area contributed by atoms with E-state index in [-0.39, 0.29) is 12.1 Å². The molecule has 11 nitrogen and oxygen atoms in total. The molecule has 36 heavy (non-hydrogen) atoms. The summed E-state index contributed by atoms with van der Waals surface area (Å²) in [5.74, 6) is -0.267. The third-order valence-electron chi connectivity index (χ3n) is 5.60. The quantitative estimate of drug-likeness (QED) is 0.333. The molecule has 11 heteroatoms. The zero-order chi connectivity index (χ0) is 25.5. The Kier molecular flexibility index (Phi) is 7.59. The van der Waals surface area contributed by atoms with Crippen molar-refractivity contribution in [1.29, 1.82) is 0 Å². The molecular formula is C25H26N6O5. The van der Waals surface area contributed by atoms with Gasteiger partial charge in [0.1, 0.15) is 23.3 Å². The number of ether oxygens (including phenoxy) is 3. The molecule has 2 aromatic carbocycles. The monoisotopic (exact) mass is 490 g/mol. The minimum absolute atomic E-state index is 0.00374. The lowest BCUT2D eigenvalue weighted by Gasteiger charge is -2.24. The molecule has 2 atom stereocenters. The molecule has 2 aliphatic rings. The number of anilines is 1. The minimum atomic E-state index is -0.939. The fourth-order valence-electron chi connectivity index (χ4n) is 3.77. The zero-order valence-corrected chi connectivity index (χ0v) is 20.0. The predicted molar refractivity (Wildman–Crippen MR) is 133 cm³/mol. The molecular weight excluding hydrogens is 464 g/mol. The summed E-state index contributed by atoms with van der Waals surface area (Å²) < 4.78 is 15.8. The molecule has 1 aliphatic carbocycles. The van der Waals surface area contributed by atoms with Crippen molar-refractivity contribution >= 4 is 23.7 Å². The molecule has 2 aromatic rings. The van der Waals surface area contributed by atoms with Crippen molar-refractivity contribution in [3.05, 3.63) is 71.8 Å². The molecule has 0 spiro atoms. The van der Waals surface area contributed by atoms with Crippen LogP contribution in [0.4, 0.5) is 5.69 Å². The summed E-state index contributed by atoms with van der Waals surface area (Å²) in [5, 5.41) is 16.9. The van der Waals surface area contributed by atoms with Crippen molar-refractivity contribution in [1.82, 2.24) is 10.4 Å². The van der Waals surface area contributed by atoms with Crippen molar-refractivity contribution in [3.63, 3.8) is 0 Å². The first-order valence-corrected chi connectivity index (χ1v) is 11.1. The second kappa shape index (κ2) is 11.2. The van der Waals surface area contributed by atoms with Crippen LogP contribution in [0.1, 0.15) is 11.1 Å². The van der Waals surface area contributed by atoms with Gasteiger partial charge in [0.25, 0.3) is 0 Å². The van der Waals surface area contributed by atoms with Gasteiger partial charge in [-0.3, -0.25) is 14.6 Å². The van der Waals surface area contributed by atoms with E-state index < -0.39 is 11.8 Å². The highest BCUT2D eigenvalue weighted by atomic mass is 16.5. The molecule has 0 aromatic heterocycles. The van der Waals surface area contributed by atoms with Crippen LogP contribution in [0, 0.1) is 0 Å². The van der Waals surface area contributed by atoms with Gasteiger partial charge in [-0.05, 0) is 35.9 Å². The van der Waals surface area contributed by atoms with Crippen LogP contribution in [0.15, 0.2) is 76.1 Å². The minimum Gasteiger partial charge on any atom is -0.497 e. The van der Waals surface area contributed by atoms with Crippen molar-refractivity contribution in [2.75, 3.05) is 26.6 Å². The molecule has 1 heterocycles. The van der Waals surface area contributed by atoms with Crippen LogP contribution in [0.2, 0.25) is 0 Å². The van der Waals surface area contributed by atoms with Gasteiger partial charge in [-0.15, -0.1) is 0 Å². The number of benzene rings is 2. The summed E-state index contributed by atoms with van der Waals surface area (Å²) >= 11 is 0. The molecule has 2 unspecified atom stereocenters. The molecule has 0 saturated heterocycles. The summed E-state index contributed by atoms with van der Waals surface area (Å²) in [5.41, 5.74) is 4.10. The van der Waals surface area contributed by atoms with Gasteiger partial charge in [0.05, 0.1) is 45.8 Å². The third-order valence-corrected chi connectivity index (χ3v) is 5.60. The number of carbonyl (C=O) groups is 2. The Balaban J connectivity index is 1.39. The van der Waals surface area contributed by atoms with Gasteiger partial charge in [-0.2, -0.15) is 10.2 Å². The van der Waals surface area contributed by atoms with Crippen LogP contribution in [0.5, 0.6) is 17.2 Å². The predicted octanol–water partition coefficient (Wildman–Crippen LogP) is 2.85. The van der Waals surface area contributed by atoms with E-state index in [1.165, 1.54) is 20.4 Å². The molecule has 0 radical (unpaired) electrons. The highest BCUT2D eigenvalue weighted by Gasteiger charge is 2.30. The van der Waals surface area contributed by atoms with E-state index in [4.69, 9.17) is 14.2 Å². The number of methoxy groups -OCH3 is 3. The fraction of sp³-hybridized carbons (Fsp3) is 0.240. The highest BCUT2D eigenvalue weighted by molar-refractivity contribution is 6.39. The number of allylic oxidation sites excluding steroid dienone is 2. The first-order chi connectivity index (χ1) is 17.5. The molecule has 0 fully saturated rings. The van der Waals surface area contributed by atoms with Crippen LogP contribution in [0.25, 0.3) is 0 Å². The number of hydrogen-bond donors (Lipinski definition) is 2. The Labute approximate surface area is 208 Å². The van der Waals surface area contributed by atoms with E-state index >= 15 is 0 Å². The normalized spacial score (nSPS) is 17.7. The number of hydrogen-bond acceptors (Lipinski definition) is 9. The number of hydrazone groups is 1. The number of fused-ring (bicyclic) bond motifs is 1. The van der Waals surface area contributed by atoms with E-state index in [0.717, 1.165) is 5.56 Å². The van der Waals surface area contributed by atoms with Crippen molar-refractivity contribution < 1.29 is 23.8 Å². The number of rotatable bonds is 8. The summed E-state index contributed by atoms with van der Waals surface area (Å²) in [6.45, 7) is 0.477. The second-order valence-corrected chi connectivity index (χ2v) is 7.84. The Hall–Kier alpha value is -4.67. The number of nitrogens with one attached hydrogen (secondary N) is 2. The molecule has 2 amide bonds. The third kappa shape index (κ3) is 5.52. The van der Waals surface area contributed by atoms with Crippen LogP contribution in [-0.4, -0.2) is 56.5 Å². The van der Waals surface area contributed by atoms with Crippen molar-refractivity contribution in [3.8, 4) is 17.2 Å². The maximum atomic E-state index is 12.3. The Morgan fingerprint density at radius 3 is 2.56 bits per heavy atom. The van der Waals surface area contributed by atoms with E-state index in [9.17, 15) is 9.59 Å². The molecule has 1 aliphatic heterocycles. The van der Waals surface area contributed by atoms with Crippen molar-refractivity contribution in [2.24, 2.45) is 15.4 Å². The van der Waals surface area contributed by atoms with E-state index in [1.54, 1.807) is 31.4 Å². The number of amides is 2. The van der Waals surface area contributed by atoms with Crippen LogP contribution >= 0.6 is 0 Å². The highest BCUT2D eigenvalue weighted by Crippen LogP contribution is 2.29. The van der Waals surface area contributed by atoms with Gasteiger partial charge < -0.3 is 19.5 Å². The van der Waals surface area contributed by atoms with E-state index in [0.29, 0.717) is 35.0 Å². The van der Waals surface area contributed by atoms with Gasteiger partial charge in [-0.25, -0.2) is 5.43 Å². The molecule has 4 rings (SSSR count). The van der Waals surface area contributed by atoms with Gasteiger partial charge in [0.2, 0.25) is 0 Å². The second-order valence-electron chi connectivity index (χ2n) is 7.84. The van der Waals surface area contributed by atoms with E-state index in [2.05, 4.69) is 32.3 Å². The summed E-state index contributed by atoms with van der Waals surface area (Å²) in [6, 6.07) is 10.4. The molecule has 0 bridgehead atoms. The van der Waals surface area contributed by atoms with Crippen molar-refractivity contribution in [2.45, 2.75) is 18.6 Å². The fourth-order valence-corrected chi connectivity index (χ4v) is 3.77. The van der Waals surface area contributed by atoms with Gasteiger partial charge >= 0.3 is 11.8 Å². The van der Waals surface area contributed by atoms with Gasteiger partial charge in [0, 0.05) is 11.6 Å². The Morgan fingerprint density at radius 2 is 1.78 bits per heavy atom. The van der Waals surface area contributed by atoms with Gasteiger partial charge in [0.15, 0.2) is 0 Å². The first-order valence-electron chi connectivity index (χ1n) is 11.1. The summed E-state index contributed by atoms with van der Waals surface area (Å²) in [4.78, 5) is 24.6. The average molecular weight is 491 g/mol. The van der Waals surface area contributed by atoms with Gasteiger partial charge in [-0.1, -0.05) is 29.5 Å². The van der Waals surface area contributed by atoms with E-state index in [1.807, 2.05) is 35.4 Å². The zero-order valence-electron chi connectivity index (χ0n) is 20.0. The lowest BCUT2D eigenvalue weighted by atomic mass is 10.0. The molecule has 2 N–H and O–H groups in total. The summed E-state index contributed by atoms with van der Waals surface area (Å²) in [6.07, 6.45) is 9.46. The van der Waals surface area contributed by atoms with Crippen LogP contribution in [0.3, 0.4) is 0 Å². The summed E-state index contributed by atoms with van der Waals surface area (Å²) in [7, 11) is 4.55. The maximum Gasteiger partial charge on any atom is 0.329 e. The Bertz CT molecular complexity index is 1260. The standard InChI is InChI=1S/C25H26N6O5/c1-34-18-9-11-23(36-3)20(13-18)27-24(32)25(33)29-26-14-16-8-10-22(35-2)17(12-16)15-31-21-7-5-4-6-19(21)28-30-31/h4-14,19,21H,15H2,1-3H3,(H,27,32)(H,29,33)/b26-14+. The van der Waals surface area contributed by atoms with Crippen LogP contribution < -0.4 is 25.0 Å². The number of carbonyl (C=O) groups excluding carboxylic acids is 2. The molecule has 186 valence electrons. The first kappa shape index (κ1) is 24.5.